The van der Waals surface area contributed by atoms with Crippen molar-refractivity contribution in [1.82, 2.24) is 0 Å². The van der Waals surface area contributed by atoms with E-state index in [1.54, 1.807) is 30.3 Å². The number of benzene rings is 2. The predicted molar refractivity (Wildman–Crippen MR) is 97.8 cm³/mol. The Labute approximate surface area is 157 Å². The average molecular weight is 386 g/mol. The summed E-state index contributed by atoms with van der Waals surface area (Å²) in [5, 5.41) is 0. The summed E-state index contributed by atoms with van der Waals surface area (Å²) < 4.78 is 29.5. The molecule has 3 rings (SSSR count). The van der Waals surface area contributed by atoms with Crippen molar-refractivity contribution in [1.29, 1.82) is 0 Å². The number of sulfone groups is 1. The van der Waals surface area contributed by atoms with Crippen LogP contribution in [0.25, 0.3) is 0 Å². The third-order valence-electron chi connectivity index (χ3n) is 4.37. The van der Waals surface area contributed by atoms with Crippen molar-refractivity contribution in [2.24, 2.45) is 5.92 Å². The highest BCUT2D eigenvalue weighted by molar-refractivity contribution is 7.90. The van der Waals surface area contributed by atoms with E-state index in [0.29, 0.717) is 12.2 Å². The van der Waals surface area contributed by atoms with Gasteiger partial charge in [-0.25, -0.2) is 8.42 Å². The first-order valence-electron chi connectivity index (χ1n) is 8.44. The van der Waals surface area contributed by atoms with Gasteiger partial charge >= 0.3 is 0 Å². The number of rotatable bonds is 5. The van der Waals surface area contributed by atoms with Crippen LogP contribution in [0.2, 0.25) is 0 Å². The molecule has 6 nitrogen and oxygen atoms in total. The molecule has 0 heterocycles. The van der Waals surface area contributed by atoms with Gasteiger partial charge in [0, 0.05) is 25.2 Å². The van der Waals surface area contributed by atoms with Crippen LogP contribution in [0.1, 0.15) is 29.6 Å². The number of hydrogen-bond donors (Lipinski definition) is 0. The zero-order valence-corrected chi connectivity index (χ0v) is 15.5. The van der Waals surface area contributed by atoms with Gasteiger partial charge in [-0.15, -0.1) is 0 Å². The number of Topliss-reactive ketones (excluding diaryl/α,β-unsaturated/α-hetero) is 3. The van der Waals surface area contributed by atoms with E-state index in [4.69, 9.17) is 4.74 Å². The molecule has 0 radical (unpaired) electrons. The van der Waals surface area contributed by atoms with Crippen molar-refractivity contribution in [3.05, 3.63) is 54.1 Å². The van der Waals surface area contributed by atoms with Crippen LogP contribution in [-0.4, -0.2) is 32.0 Å². The van der Waals surface area contributed by atoms with Gasteiger partial charge in [-0.3, -0.25) is 14.4 Å². The standard InChI is InChI=1S/C20H18O6S/c1-27(24,25)14-10-11-15(18(12-14)26-13-6-3-2-4-7-13)20(23)19-16(21)8-5-9-17(19)22/h2-4,6-7,10-12,19H,5,8-9H2,1H3. The fourth-order valence-electron chi connectivity index (χ4n) is 2.99. The molecule has 7 heteroatoms. The van der Waals surface area contributed by atoms with E-state index < -0.39 is 33.1 Å². The Bertz CT molecular complexity index is 992. The molecule has 0 atom stereocenters. The maximum absolute atomic E-state index is 12.9. The second kappa shape index (κ2) is 7.44. The highest BCUT2D eigenvalue weighted by Crippen LogP contribution is 2.32. The Kier molecular flexibility index (Phi) is 5.23. The van der Waals surface area contributed by atoms with Gasteiger partial charge in [0.2, 0.25) is 0 Å². The van der Waals surface area contributed by atoms with Crippen LogP contribution < -0.4 is 4.74 Å². The van der Waals surface area contributed by atoms with Crippen LogP contribution in [0.3, 0.4) is 0 Å². The smallest absolute Gasteiger partial charge is 0.184 e. The van der Waals surface area contributed by atoms with Gasteiger partial charge in [-0.2, -0.15) is 0 Å². The lowest BCUT2D eigenvalue weighted by molar-refractivity contribution is -0.133. The van der Waals surface area contributed by atoms with Crippen molar-refractivity contribution < 1.29 is 27.5 Å². The van der Waals surface area contributed by atoms with Crippen molar-refractivity contribution in [2.75, 3.05) is 6.26 Å². The van der Waals surface area contributed by atoms with Gasteiger partial charge in [-0.1, -0.05) is 18.2 Å². The van der Waals surface area contributed by atoms with E-state index in [-0.39, 0.29) is 29.1 Å². The van der Waals surface area contributed by atoms with E-state index in [9.17, 15) is 22.8 Å². The topological polar surface area (TPSA) is 94.6 Å². The summed E-state index contributed by atoms with van der Waals surface area (Å²) in [6, 6.07) is 12.4. The second-order valence-electron chi connectivity index (χ2n) is 6.43. The van der Waals surface area contributed by atoms with Gasteiger partial charge in [0.1, 0.15) is 17.4 Å². The summed E-state index contributed by atoms with van der Waals surface area (Å²) >= 11 is 0. The molecule has 0 spiro atoms. The Hall–Kier alpha value is -2.80. The fourth-order valence-corrected chi connectivity index (χ4v) is 3.63. The molecular weight excluding hydrogens is 368 g/mol. The summed E-state index contributed by atoms with van der Waals surface area (Å²) in [7, 11) is -3.53. The lowest BCUT2D eigenvalue weighted by Crippen LogP contribution is -2.35. The third-order valence-corrected chi connectivity index (χ3v) is 5.48. The predicted octanol–water partition coefficient (Wildman–Crippen LogP) is 3.00. The van der Waals surface area contributed by atoms with E-state index in [1.165, 1.54) is 18.2 Å². The van der Waals surface area contributed by atoms with Crippen molar-refractivity contribution in [2.45, 2.75) is 24.2 Å². The van der Waals surface area contributed by atoms with Crippen molar-refractivity contribution in [3.63, 3.8) is 0 Å². The molecule has 2 aromatic rings. The minimum atomic E-state index is -3.53. The molecule has 0 aromatic heterocycles. The number of carbonyl (C=O) groups excluding carboxylic acids is 3. The van der Waals surface area contributed by atoms with Gasteiger partial charge in [0.15, 0.2) is 27.2 Å². The largest absolute Gasteiger partial charge is 0.457 e. The van der Waals surface area contributed by atoms with E-state index in [0.717, 1.165) is 6.26 Å². The summed E-state index contributed by atoms with van der Waals surface area (Å²) in [5.41, 5.74) is 0.0138. The SMILES string of the molecule is CS(=O)(=O)c1ccc(C(=O)C2C(=O)CCCC2=O)c(Oc2ccccc2)c1. The molecule has 1 aliphatic carbocycles. The molecule has 0 saturated heterocycles. The molecule has 27 heavy (non-hydrogen) atoms. The molecule has 0 N–H and O–H groups in total. The highest BCUT2D eigenvalue weighted by atomic mass is 32.2. The van der Waals surface area contributed by atoms with Crippen LogP contribution in [-0.2, 0) is 19.4 Å². The maximum atomic E-state index is 12.9. The van der Waals surface area contributed by atoms with Gasteiger partial charge in [0.25, 0.3) is 0 Å². The zero-order chi connectivity index (χ0) is 19.6. The van der Waals surface area contributed by atoms with E-state index in [1.807, 2.05) is 0 Å². The average Bonchev–Trinajstić information content (AvgIpc) is 2.61. The normalized spacial score (nSPS) is 15.6. The monoisotopic (exact) mass is 386 g/mol. The molecule has 0 unspecified atom stereocenters. The minimum absolute atomic E-state index is 0.000276. The molecule has 140 valence electrons. The molecule has 2 aromatic carbocycles. The lowest BCUT2D eigenvalue weighted by atomic mass is 9.81. The first-order valence-corrected chi connectivity index (χ1v) is 10.3. The molecule has 0 amide bonds. The lowest BCUT2D eigenvalue weighted by Gasteiger charge is -2.20. The number of para-hydroxylation sites is 1. The van der Waals surface area contributed by atoms with Crippen molar-refractivity contribution in [3.8, 4) is 11.5 Å². The Morgan fingerprint density at radius 3 is 2.22 bits per heavy atom. The number of hydrogen-bond acceptors (Lipinski definition) is 6. The number of ether oxygens (including phenoxy) is 1. The summed E-state index contributed by atoms with van der Waals surface area (Å²) in [6.07, 6.45) is 1.85. The van der Waals surface area contributed by atoms with Crippen LogP contribution in [0.15, 0.2) is 53.4 Å². The highest BCUT2D eigenvalue weighted by Gasteiger charge is 2.37. The van der Waals surface area contributed by atoms with Crippen LogP contribution in [0.5, 0.6) is 11.5 Å². The Morgan fingerprint density at radius 1 is 1.00 bits per heavy atom. The molecule has 1 aliphatic rings. The van der Waals surface area contributed by atoms with Crippen LogP contribution >= 0.6 is 0 Å². The van der Waals surface area contributed by atoms with Gasteiger partial charge < -0.3 is 4.74 Å². The molecule has 1 fully saturated rings. The van der Waals surface area contributed by atoms with E-state index >= 15 is 0 Å². The van der Waals surface area contributed by atoms with Crippen molar-refractivity contribution >= 4 is 27.2 Å². The Balaban J connectivity index is 2.06. The molecular formula is C20H18O6S. The quantitative estimate of drug-likeness (QED) is 0.579. The minimum Gasteiger partial charge on any atom is -0.457 e. The van der Waals surface area contributed by atoms with Crippen LogP contribution in [0.4, 0.5) is 0 Å². The van der Waals surface area contributed by atoms with E-state index in [2.05, 4.69) is 0 Å². The first-order chi connectivity index (χ1) is 12.8. The number of carbonyl (C=O) groups is 3. The van der Waals surface area contributed by atoms with Gasteiger partial charge in [0.05, 0.1) is 10.5 Å². The maximum Gasteiger partial charge on any atom is 0.184 e. The summed E-state index contributed by atoms with van der Waals surface area (Å²) in [5.74, 6) is -2.42. The second-order valence-corrected chi connectivity index (χ2v) is 8.44. The summed E-state index contributed by atoms with van der Waals surface area (Å²) in [4.78, 5) is 37.2. The van der Waals surface area contributed by atoms with Crippen LogP contribution in [0, 0.1) is 5.92 Å². The number of ketones is 3. The Morgan fingerprint density at radius 2 is 1.63 bits per heavy atom. The molecule has 1 saturated carbocycles. The zero-order valence-electron chi connectivity index (χ0n) is 14.7. The molecule has 0 aliphatic heterocycles. The molecule has 0 bridgehead atoms. The first kappa shape index (κ1) is 19.0. The fraction of sp³-hybridized carbons (Fsp3) is 0.250. The third kappa shape index (κ3) is 4.14. The summed E-state index contributed by atoms with van der Waals surface area (Å²) in [6.45, 7) is 0. The van der Waals surface area contributed by atoms with Gasteiger partial charge in [-0.05, 0) is 30.7 Å².